The molecular formula is C19H27N3O3. The second-order valence-corrected chi connectivity index (χ2v) is 6.80. The molecule has 2 rings (SSSR count). The van der Waals surface area contributed by atoms with Crippen molar-refractivity contribution in [2.75, 3.05) is 5.32 Å². The fourth-order valence-corrected chi connectivity index (χ4v) is 3.00. The van der Waals surface area contributed by atoms with E-state index >= 15 is 0 Å². The lowest BCUT2D eigenvalue weighted by atomic mass is 10.0. The first-order valence-electron chi connectivity index (χ1n) is 8.89. The summed E-state index contributed by atoms with van der Waals surface area (Å²) in [7, 11) is 0. The maximum Gasteiger partial charge on any atom is 0.238 e. The number of carbonyl (C=O) groups is 3. The number of amides is 3. The van der Waals surface area contributed by atoms with Crippen LogP contribution in [0.25, 0.3) is 0 Å². The maximum atomic E-state index is 11.9. The molecule has 25 heavy (non-hydrogen) atoms. The third-order valence-electron chi connectivity index (χ3n) is 4.66. The summed E-state index contributed by atoms with van der Waals surface area (Å²) in [5, 5.41) is 2.77. The monoisotopic (exact) mass is 345 g/mol. The van der Waals surface area contributed by atoms with Crippen molar-refractivity contribution in [3.63, 3.8) is 0 Å². The number of rotatable bonds is 6. The van der Waals surface area contributed by atoms with Crippen molar-refractivity contribution in [2.24, 2.45) is 5.92 Å². The predicted octanol–water partition coefficient (Wildman–Crippen LogP) is 2.75. The van der Waals surface area contributed by atoms with Crippen molar-refractivity contribution in [1.82, 2.24) is 10.9 Å². The minimum absolute atomic E-state index is 0.0282. The first kappa shape index (κ1) is 19.0. The average molecular weight is 345 g/mol. The molecule has 136 valence electrons. The Morgan fingerprint density at radius 2 is 1.56 bits per heavy atom. The van der Waals surface area contributed by atoms with E-state index in [1.807, 2.05) is 32.0 Å². The number of aryl methyl sites for hydroxylation is 2. The van der Waals surface area contributed by atoms with E-state index in [1.165, 1.54) is 12.8 Å². The van der Waals surface area contributed by atoms with Crippen molar-refractivity contribution in [3.05, 3.63) is 29.3 Å². The second kappa shape index (κ2) is 9.20. The van der Waals surface area contributed by atoms with E-state index < -0.39 is 0 Å². The molecule has 1 fully saturated rings. The molecule has 1 aromatic carbocycles. The van der Waals surface area contributed by atoms with Crippen molar-refractivity contribution < 1.29 is 14.4 Å². The van der Waals surface area contributed by atoms with Crippen LogP contribution in [0.2, 0.25) is 0 Å². The minimum atomic E-state index is -0.366. The Morgan fingerprint density at radius 3 is 2.24 bits per heavy atom. The Bertz CT molecular complexity index is 637. The number of carbonyl (C=O) groups excluding carboxylic acids is 3. The predicted molar refractivity (Wildman–Crippen MR) is 96.6 cm³/mol. The normalized spacial score (nSPS) is 14.2. The van der Waals surface area contributed by atoms with E-state index in [1.54, 1.807) is 0 Å². The highest BCUT2D eigenvalue weighted by Gasteiger charge is 2.18. The molecule has 0 saturated heterocycles. The third-order valence-corrected chi connectivity index (χ3v) is 4.66. The van der Waals surface area contributed by atoms with Gasteiger partial charge in [0, 0.05) is 24.9 Å². The fraction of sp³-hybridized carbons (Fsp3) is 0.526. The van der Waals surface area contributed by atoms with Crippen LogP contribution in [0.15, 0.2) is 18.2 Å². The van der Waals surface area contributed by atoms with Gasteiger partial charge in [-0.25, -0.2) is 0 Å². The van der Waals surface area contributed by atoms with E-state index in [4.69, 9.17) is 0 Å². The highest BCUT2D eigenvalue weighted by Crippen LogP contribution is 2.27. The van der Waals surface area contributed by atoms with Gasteiger partial charge in [0.2, 0.25) is 17.7 Å². The molecule has 0 aromatic heterocycles. The molecule has 0 unspecified atom stereocenters. The fourth-order valence-electron chi connectivity index (χ4n) is 3.00. The molecule has 1 aliphatic rings. The molecule has 0 heterocycles. The van der Waals surface area contributed by atoms with Crippen molar-refractivity contribution in [3.8, 4) is 0 Å². The van der Waals surface area contributed by atoms with E-state index in [0.29, 0.717) is 12.3 Å². The first-order valence-corrected chi connectivity index (χ1v) is 8.89. The summed E-state index contributed by atoms with van der Waals surface area (Å²) in [4.78, 5) is 35.4. The zero-order chi connectivity index (χ0) is 18.2. The SMILES string of the molecule is Cc1ccc(NC(=O)CCC(=O)NNC(=O)CC2CCCC2)cc1C. The van der Waals surface area contributed by atoms with E-state index in [0.717, 1.165) is 29.7 Å². The summed E-state index contributed by atoms with van der Waals surface area (Å²) in [5.74, 6) is -0.328. The van der Waals surface area contributed by atoms with Gasteiger partial charge in [-0.3, -0.25) is 25.2 Å². The number of hydrazine groups is 1. The van der Waals surface area contributed by atoms with Crippen LogP contribution in [-0.4, -0.2) is 17.7 Å². The number of nitrogens with one attached hydrogen (secondary N) is 3. The Hall–Kier alpha value is -2.37. The smallest absolute Gasteiger partial charge is 0.238 e. The van der Waals surface area contributed by atoms with E-state index in [2.05, 4.69) is 16.2 Å². The molecule has 0 radical (unpaired) electrons. The topological polar surface area (TPSA) is 87.3 Å². The third kappa shape index (κ3) is 6.57. The van der Waals surface area contributed by atoms with Crippen LogP contribution in [-0.2, 0) is 14.4 Å². The van der Waals surface area contributed by atoms with Gasteiger partial charge in [-0.15, -0.1) is 0 Å². The molecule has 6 nitrogen and oxygen atoms in total. The highest BCUT2D eigenvalue weighted by molar-refractivity contribution is 5.93. The van der Waals surface area contributed by atoms with Gasteiger partial charge in [0.15, 0.2) is 0 Å². The van der Waals surface area contributed by atoms with Gasteiger partial charge in [-0.2, -0.15) is 0 Å². The molecule has 0 aliphatic heterocycles. The van der Waals surface area contributed by atoms with Gasteiger partial charge in [-0.05, 0) is 55.9 Å². The lowest BCUT2D eigenvalue weighted by Gasteiger charge is -2.11. The van der Waals surface area contributed by atoms with Crippen LogP contribution in [0.4, 0.5) is 5.69 Å². The Labute approximate surface area is 148 Å². The van der Waals surface area contributed by atoms with Gasteiger partial charge in [0.25, 0.3) is 0 Å². The maximum absolute atomic E-state index is 11.9. The molecule has 1 aromatic rings. The highest BCUT2D eigenvalue weighted by atomic mass is 16.2. The molecular weight excluding hydrogens is 318 g/mol. The van der Waals surface area contributed by atoms with Gasteiger partial charge in [0.05, 0.1) is 0 Å². The lowest BCUT2D eigenvalue weighted by Crippen LogP contribution is -2.42. The summed E-state index contributed by atoms with van der Waals surface area (Å²) in [6, 6.07) is 5.68. The van der Waals surface area contributed by atoms with Crippen LogP contribution in [0.3, 0.4) is 0 Å². The molecule has 0 atom stereocenters. The van der Waals surface area contributed by atoms with Crippen molar-refractivity contribution in [2.45, 2.75) is 58.8 Å². The summed E-state index contributed by atoms with van der Waals surface area (Å²) < 4.78 is 0. The van der Waals surface area contributed by atoms with Crippen molar-refractivity contribution >= 4 is 23.4 Å². The zero-order valence-electron chi connectivity index (χ0n) is 15.0. The summed E-state index contributed by atoms with van der Waals surface area (Å²) in [6.07, 6.45) is 5.07. The number of anilines is 1. The van der Waals surface area contributed by atoms with Crippen molar-refractivity contribution in [1.29, 1.82) is 0 Å². The summed E-state index contributed by atoms with van der Waals surface area (Å²) >= 11 is 0. The summed E-state index contributed by atoms with van der Waals surface area (Å²) in [6.45, 7) is 3.99. The Kier molecular flexibility index (Phi) is 6.98. The van der Waals surface area contributed by atoms with Crippen LogP contribution in [0, 0.1) is 19.8 Å². The van der Waals surface area contributed by atoms with Crippen LogP contribution >= 0.6 is 0 Å². The van der Waals surface area contributed by atoms with Gasteiger partial charge in [-0.1, -0.05) is 18.9 Å². The second-order valence-electron chi connectivity index (χ2n) is 6.80. The number of hydrogen-bond donors (Lipinski definition) is 3. The molecule has 3 N–H and O–H groups in total. The number of hydrogen-bond acceptors (Lipinski definition) is 3. The molecule has 1 aliphatic carbocycles. The Morgan fingerprint density at radius 1 is 0.920 bits per heavy atom. The van der Waals surface area contributed by atoms with E-state index in [-0.39, 0.29) is 30.6 Å². The summed E-state index contributed by atoms with van der Waals surface area (Å²) in [5.41, 5.74) is 7.78. The number of benzene rings is 1. The lowest BCUT2D eigenvalue weighted by molar-refractivity contribution is -0.130. The van der Waals surface area contributed by atoms with Crippen LogP contribution in [0.1, 0.15) is 56.1 Å². The largest absolute Gasteiger partial charge is 0.326 e. The van der Waals surface area contributed by atoms with Gasteiger partial charge in [0.1, 0.15) is 0 Å². The van der Waals surface area contributed by atoms with Crippen LogP contribution in [0.5, 0.6) is 0 Å². The van der Waals surface area contributed by atoms with Crippen LogP contribution < -0.4 is 16.2 Å². The van der Waals surface area contributed by atoms with E-state index in [9.17, 15) is 14.4 Å². The molecule has 0 bridgehead atoms. The molecule has 3 amide bonds. The van der Waals surface area contributed by atoms with Gasteiger partial charge >= 0.3 is 0 Å². The molecule has 6 heteroatoms. The average Bonchev–Trinajstić information content (AvgIpc) is 3.07. The minimum Gasteiger partial charge on any atom is -0.326 e. The first-order chi connectivity index (χ1) is 11.9. The van der Waals surface area contributed by atoms with Gasteiger partial charge < -0.3 is 5.32 Å². The zero-order valence-corrected chi connectivity index (χ0v) is 15.0. The molecule has 0 spiro atoms. The standard InChI is InChI=1S/C19H27N3O3/c1-13-7-8-16(11-14(13)2)20-17(23)9-10-18(24)21-22-19(25)12-15-5-3-4-6-15/h7-8,11,15H,3-6,9-10,12H2,1-2H3,(H,20,23)(H,21,24)(H,22,25). The quantitative estimate of drug-likeness (QED) is 0.693. The Balaban J connectivity index is 1.64. The molecule has 1 saturated carbocycles.